The molecule has 0 heterocycles. The summed E-state index contributed by atoms with van der Waals surface area (Å²) in [5.41, 5.74) is 1.22. The Balaban J connectivity index is 1.54. The molecule has 0 spiro atoms. The van der Waals surface area contributed by atoms with E-state index in [1.165, 1.54) is 0 Å². The van der Waals surface area contributed by atoms with Crippen LogP contribution in [0.4, 0.5) is 13.2 Å². The molecule has 0 aliphatic heterocycles. The molecule has 0 bridgehead atoms. The molecule has 2 N–H and O–H groups in total. The summed E-state index contributed by atoms with van der Waals surface area (Å²) in [4.78, 5) is 24.4. The standard InChI is InChI=1S/C30H24F3NO5/c31-22-15-23(32)28(24(33)16-22)29(35)34-25(30(36)37)13-21-11-12-26(38-17-19-7-3-1-4-8-19)27(14-21)39-18-20-9-5-2-6-10-20/h1-12,14-16,25H,13,17-18H2,(H,34,35)(H,36,37)/t25-/m1/s1. The number of amides is 1. The predicted molar refractivity (Wildman–Crippen MR) is 137 cm³/mol. The summed E-state index contributed by atoms with van der Waals surface area (Å²) in [6, 6.07) is 22.8. The zero-order valence-electron chi connectivity index (χ0n) is 20.6. The van der Waals surface area contributed by atoms with Gasteiger partial charge in [-0.05, 0) is 28.8 Å². The molecule has 4 aromatic rings. The fourth-order valence-electron chi connectivity index (χ4n) is 3.81. The van der Waals surface area contributed by atoms with Crippen LogP contribution in [-0.2, 0) is 24.4 Å². The van der Waals surface area contributed by atoms with Gasteiger partial charge in [0.1, 0.15) is 42.3 Å². The Morgan fingerprint density at radius 2 is 1.26 bits per heavy atom. The predicted octanol–water partition coefficient (Wildman–Crippen LogP) is 5.69. The number of carboxylic acids is 1. The maximum atomic E-state index is 14.0. The molecule has 0 aromatic heterocycles. The lowest BCUT2D eigenvalue weighted by atomic mass is 10.0. The zero-order chi connectivity index (χ0) is 27.8. The topological polar surface area (TPSA) is 84.9 Å². The van der Waals surface area contributed by atoms with E-state index in [-0.39, 0.29) is 19.6 Å². The SMILES string of the molecule is O=C(N[C@H](Cc1ccc(OCc2ccccc2)c(OCc2ccccc2)c1)C(=O)O)c1c(F)cc(F)cc1F. The second-order valence-electron chi connectivity index (χ2n) is 8.64. The van der Waals surface area contributed by atoms with E-state index in [1.54, 1.807) is 18.2 Å². The van der Waals surface area contributed by atoms with E-state index < -0.39 is 40.9 Å². The van der Waals surface area contributed by atoms with Crippen LogP contribution in [0.15, 0.2) is 91.0 Å². The number of carbonyl (C=O) groups is 2. The molecule has 0 saturated heterocycles. The summed E-state index contributed by atoms with van der Waals surface area (Å²) < 4.78 is 53.2. The van der Waals surface area contributed by atoms with Crippen LogP contribution >= 0.6 is 0 Å². The van der Waals surface area contributed by atoms with Gasteiger partial charge in [-0.25, -0.2) is 18.0 Å². The van der Waals surface area contributed by atoms with E-state index in [2.05, 4.69) is 5.32 Å². The molecule has 0 fully saturated rings. The molecule has 6 nitrogen and oxygen atoms in total. The first kappa shape index (κ1) is 27.3. The van der Waals surface area contributed by atoms with Gasteiger partial charge < -0.3 is 19.9 Å². The third kappa shape index (κ3) is 7.38. The number of benzene rings is 4. The highest BCUT2D eigenvalue weighted by Crippen LogP contribution is 2.31. The van der Waals surface area contributed by atoms with Gasteiger partial charge in [-0.1, -0.05) is 66.7 Å². The molecule has 1 atom stereocenters. The van der Waals surface area contributed by atoms with E-state index in [0.29, 0.717) is 29.2 Å². The van der Waals surface area contributed by atoms with Crippen molar-refractivity contribution in [2.45, 2.75) is 25.7 Å². The average Bonchev–Trinajstić information content (AvgIpc) is 2.91. The van der Waals surface area contributed by atoms with Gasteiger partial charge in [-0.2, -0.15) is 0 Å². The Bertz CT molecular complexity index is 1420. The molecule has 4 rings (SSSR count). The highest BCUT2D eigenvalue weighted by molar-refractivity contribution is 5.97. The fraction of sp³-hybridized carbons (Fsp3) is 0.133. The number of ether oxygens (including phenoxy) is 2. The van der Waals surface area contributed by atoms with Crippen LogP contribution in [0.2, 0.25) is 0 Å². The Morgan fingerprint density at radius 3 is 1.79 bits per heavy atom. The molecular formula is C30H24F3NO5. The molecule has 0 aliphatic rings. The van der Waals surface area contributed by atoms with Crippen molar-refractivity contribution in [3.63, 3.8) is 0 Å². The van der Waals surface area contributed by atoms with Gasteiger partial charge >= 0.3 is 5.97 Å². The van der Waals surface area contributed by atoms with E-state index in [1.807, 2.05) is 60.7 Å². The summed E-state index contributed by atoms with van der Waals surface area (Å²) in [7, 11) is 0. The summed E-state index contributed by atoms with van der Waals surface area (Å²) in [6.45, 7) is 0.485. The van der Waals surface area contributed by atoms with Gasteiger partial charge in [0, 0.05) is 18.6 Å². The average molecular weight is 536 g/mol. The summed E-state index contributed by atoms with van der Waals surface area (Å²) >= 11 is 0. The van der Waals surface area contributed by atoms with E-state index >= 15 is 0 Å². The number of hydrogen-bond donors (Lipinski definition) is 2. The van der Waals surface area contributed by atoms with Crippen molar-refractivity contribution < 1.29 is 37.3 Å². The summed E-state index contributed by atoms with van der Waals surface area (Å²) in [6.07, 6.45) is -0.230. The third-order valence-electron chi connectivity index (χ3n) is 5.76. The van der Waals surface area contributed by atoms with E-state index in [0.717, 1.165) is 11.1 Å². The van der Waals surface area contributed by atoms with Crippen LogP contribution in [0.5, 0.6) is 11.5 Å². The Morgan fingerprint density at radius 1 is 0.718 bits per heavy atom. The number of carbonyl (C=O) groups excluding carboxylic acids is 1. The van der Waals surface area contributed by atoms with Crippen molar-refractivity contribution in [2.75, 3.05) is 0 Å². The van der Waals surface area contributed by atoms with E-state index in [9.17, 15) is 27.9 Å². The smallest absolute Gasteiger partial charge is 0.326 e. The molecule has 200 valence electrons. The fourth-order valence-corrected chi connectivity index (χ4v) is 3.81. The third-order valence-corrected chi connectivity index (χ3v) is 5.76. The van der Waals surface area contributed by atoms with Crippen LogP contribution in [0.3, 0.4) is 0 Å². The summed E-state index contributed by atoms with van der Waals surface area (Å²) in [5, 5.41) is 11.8. The Kier molecular flexibility index (Phi) is 8.83. The molecular weight excluding hydrogens is 511 g/mol. The molecule has 0 unspecified atom stereocenters. The van der Waals surface area contributed by atoms with E-state index in [4.69, 9.17) is 9.47 Å². The van der Waals surface area contributed by atoms with Gasteiger partial charge in [-0.15, -0.1) is 0 Å². The van der Waals surface area contributed by atoms with Crippen molar-refractivity contribution in [1.29, 1.82) is 0 Å². The minimum Gasteiger partial charge on any atom is -0.485 e. The molecule has 0 saturated carbocycles. The number of carboxylic acid groups (broad SMARTS) is 1. The minimum absolute atomic E-state index is 0.216. The lowest BCUT2D eigenvalue weighted by molar-refractivity contribution is -0.139. The monoisotopic (exact) mass is 535 g/mol. The largest absolute Gasteiger partial charge is 0.485 e. The van der Waals surface area contributed by atoms with Crippen LogP contribution in [0.1, 0.15) is 27.0 Å². The second-order valence-corrected chi connectivity index (χ2v) is 8.64. The molecule has 0 radical (unpaired) electrons. The molecule has 0 aliphatic carbocycles. The van der Waals surface area contributed by atoms with Crippen molar-refractivity contribution in [2.24, 2.45) is 0 Å². The summed E-state index contributed by atoms with van der Waals surface area (Å²) in [5.74, 6) is -6.06. The van der Waals surface area contributed by atoms with Crippen molar-refractivity contribution >= 4 is 11.9 Å². The maximum Gasteiger partial charge on any atom is 0.326 e. The molecule has 1 amide bonds. The zero-order valence-corrected chi connectivity index (χ0v) is 20.6. The lowest BCUT2D eigenvalue weighted by Crippen LogP contribution is -2.43. The highest BCUT2D eigenvalue weighted by Gasteiger charge is 2.26. The highest BCUT2D eigenvalue weighted by atomic mass is 19.1. The first-order valence-corrected chi connectivity index (χ1v) is 11.9. The first-order valence-electron chi connectivity index (χ1n) is 11.9. The Hall–Kier alpha value is -4.79. The number of aliphatic carboxylic acids is 1. The van der Waals surface area contributed by atoms with Crippen molar-refractivity contribution in [3.8, 4) is 11.5 Å². The van der Waals surface area contributed by atoms with Crippen LogP contribution < -0.4 is 14.8 Å². The van der Waals surface area contributed by atoms with Gasteiger partial charge in [-0.3, -0.25) is 4.79 Å². The Labute approximate surface area is 222 Å². The van der Waals surface area contributed by atoms with Gasteiger partial charge in [0.15, 0.2) is 11.5 Å². The van der Waals surface area contributed by atoms with Crippen LogP contribution in [-0.4, -0.2) is 23.0 Å². The van der Waals surface area contributed by atoms with Crippen LogP contribution in [0.25, 0.3) is 0 Å². The van der Waals surface area contributed by atoms with Crippen LogP contribution in [0, 0.1) is 17.5 Å². The molecule has 39 heavy (non-hydrogen) atoms. The normalized spacial score (nSPS) is 11.5. The van der Waals surface area contributed by atoms with Gasteiger partial charge in [0.2, 0.25) is 0 Å². The maximum absolute atomic E-state index is 14.0. The number of rotatable bonds is 11. The second kappa shape index (κ2) is 12.6. The van der Waals surface area contributed by atoms with Gasteiger partial charge in [0.25, 0.3) is 5.91 Å². The lowest BCUT2D eigenvalue weighted by Gasteiger charge is -2.18. The van der Waals surface area contributed by atoms with Crippen molar-refractivity contribution in [1.82, 2.24) is 5.32 Å². The van der Waals surface area contributed by atoms with Gasteiger partial charge in [0.05, 0.1) is 0 Å². The van der Waals surface area contributed by atoms with Crippen molar-refractivity contribution in [3.05, 3.63) is 131 Å². The molecule has 9 heteroatoms. The molecule has 4 aromatic carbocycles. The minimum atomic E-state index is -1.54. The quantitative estimate of drug-likeness (QED) is 0.258. The number of halogens is 3. The number of nitrogens with one attached hydrogen (secondary N) is 1. The first-order chi connectivity index (χ1) is 18.8. The number of hydrogen-bond acceptors (Lipinski definition) is 4.